The van der Waals surface area contributed by atoms with Gasteiger partial charge >= 0.3 is 0 Å². The van der Waals surface area contributed by atoms with Crippen LogP contribution in [0.5, 0.6) is 5.75 Å². The average molecular weight is 287 g/mol. The molecular weight excluding hydrogens is 270 g/mol. The number of rotatable bonds is 5. The zero-order chi connectivity index (χ0) is 15.4. The van der Waals surface area contributed by atoms with Gasteiger partial charge in [-0.1, -0.05) is 0 Å². The van der Waals surface area contributed by atoms with Crippen molar-refractivity contribution in [3.8, 4) is 5.75 Å². The second-order valence-electron chi connectivity index (χ2n) is 4.59. The molecule has 0 heterocycles. The second kappa shape index (κ2) is 6.13. The van der Waals surface area contributed by atoms with Crippen molar-refractivity contribution in [1.29, 1.82) is 0 Å². The summed E-state index contributed by atoms with van der Waals surface area (Å²) in [5.41, 5.74) is 3.20. The summed E-state index contributed by atoms with van der Waals surface area (Å²) in [4.78, 5) is 10.5. The summed E-state index contributed by atoms with van der Waals surface area (Å²) in [6.07, 6.45) is 0. The Morgan fingerprint density at radius 3 is 2.38 bits per heavy atom. The fourth-order valence-corrected chi connectivity index (χ4v) is 2.06. The minimum atomic E-state index is -0.411. The molecule has 0 atom stereocenters. The van der Waals surface area contributed by atoms with E-state index in [-0.39, 0.29) is 5.69 Å². The molecule has 6 heteroatoms. The van der Waals surface area contributed by atoms with Crippen molar-refractivity contribution in [3.63, 3.8) is 0 Å². The highest BCUT2D eigenvalue weighted by molar-refractivity contribution is 5.69. The van der Waals surface area contributed by atoms with Crippen LogP contribution in [0.1, 0.15) is 5.56 Å². The molecule has 0 amide bonds. The Hall–Kier alpha value is -2.76. The maximum Gasteiger partial charge on any atom is 0.273 e. The molecule has 0 radical (unpaired) electrons. The van der Waals surface area contributed by atoms with Crippen LogP contribution in [0.4, 0.5) is 22.7 Å². The molecule has 0 aliphatic carbocycles. The maximum absolute atomic E-state index is 10.9. The van der Waals surface area contributed by atoms with Crippen LogP contribution in [0.2, 0.25) is 0 Å². The molecule has 0 spiro atoms. The van der Waals surface area contributed by atoms with E-state index < -0.39 is 4.92 Å². The van der Waals surface area contributed by atoms with Gasteiger partial charge in [0.05, 0.1) is 12.0 Å². The van der Waals surface area contributed by atoms with E-state index >= 15 is 0 Å². The first-order valence-corrected chi connectivity index (χ1v) is 6.42. The number of nitro benzene ring substituents is 1. The lowest BCUT2D eigenvalue weighted by atomic mass is 10.2. The molecule has 0 unspecified atom stereocenters. The number of methoxy groups -OCH3 is 1. The number of nitro groups is 1. The second-order valence-corrected chi connectivity index (χ2v) is 4.59. The smallest absolute Gasteiger partial charge is 0.273 e. The Kier molecular flexibility index (Phi) is 4.27. The summed E-state index contributed by atoms with van der Waals surface area (Å²) in [7, 11) is 3.34. The largest absolute Gasteiger partial charge is 0.496 e. The van der Waals surface area contributed by atoms with E-state index in [1.807, 2.05) is 31.2 Å². The summed E-state index contributed by atoms with van der Waals surface area (Å²) in [6.45, 7) is 1.94. The summed E-state index contributed by atoms with van der Waals surface area (Å²) < 4.78 is 5.21. The molecule has 0 fully saturated rings. The normalized spacial score (nSPS) is 10.0. The average Bonchev–Trinajstić information content (AvgIpc) is 2.47. The predicted molar refractivity (Wildman–Crippen MR) is 83.7 cm³/mol. The number of aryl methyl sites for hydroxylation is 1. The summed E-state index contributed by atoms with van der Waals surface area (Å²) in [6, 6.07) is 10.5. The van der Waals surface area contributed by atoms with E-state index in [2.05, 4.69) is 10.6 Å². The quantitative estimate of drug-likeness (QED) is 0.647. The van der Waals surface area contributed by atoms with Gasteiger partial charge in [-0.25, -0.2) is 0 Å². The number of hydrogen-bond donors (Lipinski definition) is 2. The first-order chi connectivity index (χ1) is 10.0. The van der Waals surface area contributed by atoms with Gasteiger partial charge in [0.1, 0.15) is 5.75 Å². The third kappa shape index (κ3) is 3.42. The van der Waals surface area contributed by atoms with E-state index in [4.69, 9.17) is 4.74 Å². The van der Waals surface area contributed by atoms with Crippen LogP contribution in [0.3, 0.4) is 0 Å². The Morgan fingerprint density at radius 2 is 1.81 bits per heavy atom. The number of benzene rings is 2. The zero-order valence-electron chi connectivity index (χ0n) is 12.1. The molecule has 2 rings (SSSR count). The van der Waals surface area contributed by atoms with Gasteiger partial charge in [0, 0.05) is 36.2 Å². The molecule has 2 aromatic carbocycles. The van der Waals surface area contributed by atoms with Gasteiger partial charge in [0.15, 0.2) is 0 Å². The van der Waals surface area contributed by atoms with Crippen molar-refractivity contribution in [2.45, 2.75) is 6.92 Å². The molecule has 0 aliphatic heterocycles. The van der Waals surface area contributed by atoms with E-state index in [0.29, 0.717) is 11.4 Å². The summed E-state index contributed by atoms with van der Waals surface area (Å²) in [5.74, 6) is 0.801. The molecule has 0 aliphatic rings. The topological polar surface area (TPSA) is 76.4 Å². The number of anilines is 3. The SMILES string of the molecule is CNc1cc(Nc2ccc(OC)c(C)c2)cc([N+](=O)[O-])c1. The third-order valence-corrected chi connectivity index (χ3v) is 3.10. The Balaban J connectivity index is 2.32. The van der Waals surface area contributed by atoms with Crippen LogP contribution in [0.15, 0.2) is 36.4 Å². The molecular formula is C15H17N3O3. The van der Waals surface area contributed by atoms with Crippen molar-refractivity contribution >= 4 is 22.7 Å². The number of ether oxygens (including phenoxy) is 1. The van der Waals surface area contributed by atoms with E-state index in [0.717, 1.165) is 17.0 Å². The molecule has 2 N–H and O–H groups in total. The van der Waals surface area contributed by atoms with Crippen LogP contribution in [-0.4, -0.2) is 19.1 Å². The van der Waals surface area contributed by atoms with Crippen LogP contribution < -0.4 is 15.4 Å². The van der Waals surface area contributed by atoms with Gasteiger partial charge in [-0.15, -0.1) is 0 Å². The Bertz CT molecular complexity index is 671. The molecule has 0 saturated heterocycles. The van der Waals surface area contributed by atoms with Gasteiger partial charge < -0.3 is 15.4 Å². The molecule has 110 valence electrons. The van der Waals surface area contributed by atoms with Crippen LogP contribution in [0.25, 0.3) is 0 Å². The Labute approximate surface area is 122 Å². The Morgan fingerprint density at radius 1 is 1.10 bits per heavy atom. The van der Waals surface area contributed by atoms with Crippen molar-refractivity contribution in [2.24, 2.45) is 0 Å². The van der Waals surface area contributed by atoms with Crippen molar-refractivity contribution in [1.82, 2.24) is 0 Å². The lowest BCUT2D eigenvalue weighted by Crippen LogP contribution is -1.97. The lowest BCUT2D eigenvalue weighted by molar-refractivity contribution is -0.384. The van der Waals surface area contributed by atoms with Crippen molar-refractivity contribution in [3.05, 3.63) is 52.1 Å². The number of non-ortho nitro benzene ring substituents is 1. The highest BCUT2D eigenvalue weighted by atomic mass is 16.6. The van der Waals surface area contributed by atoms with Gasteiger partial charge in [-0.3, -0.25) is 10.1 Å². The summed E-state index contributed by atoms with van der Waals surface area (Å²) in [5, 5.41) is 17.0. The molecule has 0 bridgehead atoms. The first kappa shape index (κ1) is 14.6. The van der Waals surface area contributed by atoms with Crippen LogP contribution >= 0.6 is 0 Å². The van der Waals surface area contributed by atoms with E-state index in [1.54, 1.807) is 14.2 Å². The van der Waals surface area contributed by atoms with E-state index in [1.165, 1.54) is 12.1 Å². The van der Waals surface area contributed by atoms with Gasteiger partial charge in [0.2, 0.25) is 0 Å². The fourth-order valence-electron chi connectivity index (χ4n) is 2.06. The lowest BCUT2D eigenvalue weighted by Gasteiger charge is -2.11. The fraction of sp³-hybridized carbons (Fsp3) is 0.200. The standard InChI is InChI=1S/C15H17N3O3/c1-10-6-11(4-5-15(10)21-3)17-13-7-12(16-2)8-14(9-13)18(19)20/h4-9,16-17H,1-3H3. The predicted octanol–water partition coefficient (Wildman–Crippen LogP) is 3.70. The molecule has 6 nitrogen and oxygen atoms in total. The number of nitrogens with one attached hydrogen (secondary N) is 2. The molecule has 2 aromatic rings. The zero-order valence-corrected chi connectivity index (χ0v) is 12.1. The van der Waals surface area contributed by atoms with Crippen molar-refractivity contribution < 1.29 is 9.66 Å². The van der Waals surface area contributed by atoms with Gasteiger partial charge in [0.25, 0.3) is 5.69 Å². The van der Waals surface area contributed by atoms with Gasteiger partial charge in [-0.05, 0) is 36.8 Å². The highest BCUT2D eigenvalue weighted by Crippen LogP contribution is 2.28. The molecule has 21 heavy (non-hydrogen) atoms. The maximum atomic E-state index is 10.9. The van der Waals surface area contributed by atoms with Crippen molar-refractivity contribution in [2.75, 3.05) is 24.8 Å². The van der Waals surface area contributed by atoms with Crippen LogP contribution in [-0.2, 0) is 0 Å². The monoisotopic (exact) mass is 287 g/mol. The van der Waals surface area contributed by atoms with Gasteiger partial charge in [-0.2, -0.15) is 0 Å². The summed E-state index contributed by atoms with van der Waals surface area (Å²) >= 11 is 0. The number of hydrogen-bond acceptors (Lipinski definition) is 5. The minimum absolute atomic E-state index is 0.0367. The first-order valence-electron chi connectivity index (χ1n) is 6.42. The minimum Gasteiger partial charge on any atom is -0.496 e. The van der Waals surface area contributed by atoms with E-state index in [9.17, 15) is 10.1 Å². The highest BCUT2D eigenvalue weighted by Gasteiger charge is 2.10. The molecule has 0 saturated carbocycles. The molecule has 0 aromatic heterocycles. The number of nitrogens with zero attached hydrogens (tertiary/aromatic N) is 1. The third-order valence-electron chi connectivity index (χ3n) is 3.10. The van der Waals surface area contributed by atoms with Crippen LogP contribution in [0, 0.1) is 17.0 Å².